The highest BCUT2D eigenvalue weighted by Gasteiger charge is 2.50. The molecule has 4 heterocycles. The molecule has 2 aliphatic heterocycles. The average Bonchev–Trinajstić information content (AvgIpc) is 3.20. The van der Waals surface area contributed by atoms with Crippen molar-refractivity contribution in [2.45, 2.75) is 89.9 Å². The molecule has 1 saturated heterocycles. The van der Waals surface area contributed by atoms with E-state index in [0.717, 1.165) is 37.0 Å². The number of nitrogens with zero attached hydrogens (tertiary/aromatic N) is 4. The van der Waals surface area contributed by atoms with Gasteiger partial charge < -0.3 is 29.4 Å². The smallest absolute Gasteiger partial charge is 0.407 e. The summed E-state index contributed by atoms with van der Waals surface area (Å²) in [7, 11) is 1.85. The molecule has 2 saturated carbocycles. The van der Waals surface area contributed by atoms with Crippen LogP contribution in [0.2, 0.25) is 0 Å². The molecule has 2 aliphatic carbocycles. The number of rotatable bonds is 5. The fourth-order valence-electron chi connectivity index (χ4n) is 8.15. The number of aromatic nitrogens is 3. The predicted molar refractivity (Wildman–Crippen MR) is 177 cm³/mol. The number of hydrogen-bond acceptors (Lipinski definition) is 5. The van der Waals surface area contributed by atoms with Crippen molar-refractivity contribution in [1.29, 1.82) is 0 Å². The normalized spacial score (nSPS) is 23.3. The van der Waals surface area contributed by atoms with E-state index < -0.39 is 17.5 Å². The Morgan fingerprint density at radius 2 is 1.89 bits per heavy atom. The molecule has 4 aromatic rings. The summed E-state index contributed by atoms with van der Waals surface area (Å²) < 4.78 is 25.6. The van der Waals surface area contributed by atoms with Gasteiger partial charge in [0.1, 0.15) is 16.9 Å². The topological polar surface area (TPSA) is 93.4 Å². The minimum atomic E-state index is -0.605. The molecule has 10 heteroatoms. The fourth-order valence-corrected chi connectivity index (χ4v) is 8.15. The number of anilines is 1. The van der Waals surface area contributed by atoms with Crippen LogP contribution in [0.5, 0.6) is 0 Å². The molecule has 4 aliphatic rings. The highest BCUT2D eigenvalue weighted by atomic mass is 19.1. The Morgan fingerprint density at radius 1 is 1.11 bits per heavy atom. The minimum absolute atomic E-state index is 0.0446. The van der Waals surface area contributed by atoms with Gasteiger partial charge in [-0.25, -0.2) is 14.2 Å². The van der Waals surface area contributed by atoms with Crippen molar-refractivity contribution in [3.63, 3.8) is 0 Å². The first-order chi connectivity index (χ1) is 21.8. The summed E-state index contributed by atoms with van der Waals surface area (Å²) in [6.07, 6.45) is 3.67. The maximum absolute atomic E-state index is 15.9. The first kappa shape index (κ1) is 29.3. The second-order valence-corrected chi connectivity index (χ2v) is 15.6. The molecule has 2 aromatic heterocycles. The molecule has 0 unspecified atom stereocenters. The number of benzene rings is 2. The highest BCUT2D eigenvalue weighted by Crippen LogP contribution is 2.45. The average molecular weight is 627 g/mol. The van der Waals surface area contributed by atoms with Gasteiger partial charge in [-0.3, -0.25) is 4.79 Å². The van der Waals surface area contributed by atoms with Gasteiger partial charge in [0.15, 0.2) is 5.82 Å². The van der Waals surface area contributed by atoms with Crippen LogP contribution in [0.15, 0.2) is 30.3 Å². The van der Waals surface area contributed by atoms with Gasteiger partial charge in [-0.15, -0.1) is 0 Å². The number of piperidine rings is 1. The van der Waals surface area contributed by atoms with Crippen molar-refractivity contribution in [2.24, 2.45) is 18.9 Å². The Morgan fingerprint density at radius 3 is 2.63 bits per heavy atom. The summed E-state index contributed by atoms with van der Waals surface area (Å²) in [5, 5.41) is 7.83. The van der Waals surface area contributed by atoms with Gasteiger partial charge >= 0.3 is 6.09 Å². The summed E-state index contributed by atoms with van der Waals surface area (Å²) in [4.78, 5) is 33.2. The number of fused-ring (bicyclic) bond motifs is 6. The van der Waals surface area contributed by atoms with Crippen molar-refractivity contribution in [2.75, 3.05) is 18.4 Å². The molecule has 3 fully saturated rings. The molecule has 9 nitrogen and oxygen atoms in total. The third kappa shape index (κ3) is 4.66. The highest BCUT2D eigenvalue weighted by molar-refractivity contribution is 6.00. The summed E-state index contributed by atoms with van der Waals surface area (Å²) >= 11 is 0. The monoisotopic (exact) mass is 626 g/mol. The molecule has 8 rings (SSSR count). The van der Waals surface area contributed by atoms with E-state index >= 15 is 4.39 Å². The van der Waals surface area contributed by atoms with E-state index in [9.17, 15) is 9.59 Å². The Balaban J connectivity index is 1.14. The number of amides is 2. The van der Waals surface area contributed by atoms with Crippen LogP contribution in [0.1, 0.15) is 76.2 Å². The maximum Gasteiger partial charge on any atom is 0.407 e. The lowest BCUT2D eigenvalue weighted by atomic mass is 9.86. The van der Waals surface area contributed by atoms with Crippen LogP contribution in [0.3, 0.4) is 0 Å². The van der Waals surface area contributed by atoms with Crippen LogP contribution in [0.25, 0.3) is 33.5 Å². The lowest BCUT2D eigenvalue weighted by Crippen LogP contribution is -2.46. The number of alkyl carbamates (subject to hydrolysis) is 1. The second kappa shape index (κ2) is 9.96. The van der Waals surface area contributed by atoms with Gasteiger partial charge in [0.25, 0.3) is 5.91 Å². The summed E-state index contributed by atoms with van der Waals surface area (Å²) in [5.41, 5.74) is 5.21. The zero-order valence-electron chi connectivity index (χ0n) is 27.5. The number of aryl methyl sites for hydroxylation is 1. The van der Waals surface area contributed by atoms with Crippen LogP contribution in [-0.4, -0.2) is 61.8 Å². The summed E-state index contributed by atoms with van der Waals surface area (Å²) in [6, 6.07) is 9.34. The Kier molecular flexibility index (Phi) is 6.35. The van der Waals surface area contributed by atoms with Crippen molar-refractivity contribution in [3.8, 4) is 11.5 Å². The van der Waals surface area contributed by atoms with Crippen molar-refractivity contribution in [1.82, 2.24) is 24.3 Å². The van der Waals surface area contributed by atoms with Crippen molar-refractivity contribution in [3.05, 3.63) is 47.3 Å². The van der Waals surface area contributed by atoms with Crippen LogP contribution >= 0.6 is 0 Å². The second-order valence-electron chi connectivity index (χ2n) is 15.6. The van der Waals surface area contributed by atoms with Crippen LogP contribution in [-0.2, 0) is 23.7 Å². The maximum atomic E-state index is 15.9. The molecular weight excluding hydrogens is 583 g/mol. The van der Waals surface area contributed by atoms with Gasteiger partial charge in [-0.2, -0.15) is 0 Å². The van der Waals surface area contributed by atoms with Crippen LogP contribution in [0.4, 0.5) is 14.9 Å². The number of nitrogens with one attached hydrogen (secondary N) is 2. The van der Waals surface area contributed by atoms with E-state index in [-0.39, 0.29) is 34.9 Å². The molecule has 3 atom stereocenters. The number of hydrogen-bond donors (Lipinski definition) is 2. The van der Waals surface area contributed by atoms with E-state index in [1.807, 2.05) is 32.4 Å². The van der Waals surface area contributed by atoms with E-state index in [1.54, 1.807) is 11.0 Å². The number of ether oxygens (including phenoxy) is 1. The zero-order chi connectivity index (χ0) is 32.3. The molecule has 2 amide bonds. The SMILES string of the molecule is Cn1c(-c2cc3ccc4c(c3n2CC2CC2)NCC4(C)C)nc2cc(C(=O)N3C[C@H]4CC[C@@H]3[C@@H]4NC(=O)OC(C)(C)C)cc(F)c21. The lowest BCUT2D eigenvalue weighted by molar-refractivity contribution is 0.0485. The number of halogens is 1. The third-order valence-electron chi connectivity index (χ3n) is 10.6. The predicted octanol–water partition coefficient (Wildman–Crippen LogP) is 6.57. The molecule has 2 aromatic carbocycles. The van der Waals surface area contributed by atoms with Gasteiger partial charge in [0, 0.05) is 43.0 Å². The lowest BCUT2D eigenvalue weighted by Gasteiger charge is -2.28. The molecule has 2 bridgehead atoms. The molecule has 0 spiro atoms. The Labute approximate surface area is 268 Å². The molecule has 46 heavy (non-hydrogen) atoms. The Bertz CT molecular complexity index is 1930. The Hall–Kier alpha value is -4.08. The van der Waals surface area contributed by atoms with Crippen LogP contribution < -0.4 is 10.6 Å². The molecule has 0 radical (unpaired) electrons. The van der Waals surface area contributed by atoms with Gasteiger partial charge in [0.2, 0.25) is 0 Å². The standard InChI is InChI=1S/C36H43FN6O3/c1-35(2,3)46-34(45)40-28-21-10-12-26(28)43(17-21)33(44)22-13-24(37)31-25(14-22)39-32(41(31)6)27-15-20-9-11-23-29(38-18-36(23,4)5)30(20)42(27)16-19-7-8-19/h9,11,13-15,19,21,26,28,38H,7-8,10,12,16-18H2,1-6H3,(H,40,45)/t21-,26-,28-/m1/s1. The molecule has 2 N–H and O–H groups in total. The fraction of sp³-hybridized carbons (Fsp3) is 0.528. The van der Waals surface area contributed by atoms with Gasteiger partial charge in [-0.1, -0.05) is 26.0 Å². The summed E-state index contributed by atoms with van der Waals surface area (Å²) in [5.74, 6) is 0.752. The van der Waals surface area contributed by atoms with E-state index in [1.165, 1.54) is 35.7 Å². The largest absolute Gasteiger partial charge is 0.444 e. The number of carbonyl (C=O) groups excluding carboxylic acids is 2. The quantitative estimate of drug-likeness (QED) is 0.261. The van der Waals surface area contributed by atoms with E-state index in [2.05, 4.69) is 47.2 Å². The molecule has 242 valence electrons. The summed E-state index contributed by atoms with van der Waals surface area (Å²) in [6.45, 7) is 12.3. The van der Waals surface area contributed by atoms with Crippen LogP contribution in [0, 0.1) is 17.7 Å². The van der Waals surface area contributed by atoms with Crippen molar-refractivity contribution < 1.29 is 18.7 Å². The third-order valence-corrected chi connectivity index (χ3v) is 10.6. The molecular formula is C36H43FN6O3. The first-order valence-electron chi connectivity index (χ1n) is 16.7. The number of carbonyl (C=O) groups is 2. The minimum Gasteiger partial charge on any atom is -0.444 e. The van der Waals surface area contributed by atoms with Gasteiger partial charge in [0.05, 0.1) is 34.5 Å². The number of likely N-dealkylation sites (tertiary alicyclic amines) is 1. The van der Waals surface area contributed by atoms with E-state index in [4.69, 9.17) is 9.72 Å². The van der Waals surface area contributed by atoms with Crippen molar-refractivity contribution >= 4 is 39.6 Å². The van der Waals surface area contributed by atoms with Gasteiger partial charge in [-0.05, 0) is 82.1 Å². The van der Waals surface area contributed by atoms with E-state index in [0.29, 0.717) is 29.3 Å². The zero-order valence-corrected chi connectivity index (χ0v) is 27.5. The number of imidazole rings is 1. The first-order valence-corrected chi connectivity index (χ1v) is 16.7.